The van der Waals surface area contributed by atoms with Gasteiger partial charge in [0.05, 0.1) is 6.04 Å². The average molecular weight is 247 g/mol. The van der Waals surface area contributed by atoms with Crippen molar-refractivity contribution < 1.29 is 4.79 Å². The van der Waals surface area contributed by atoms with E-state index in [1.165, 1.54) is 11.1 Å². The predicted molar refractivity (Wildman–Crippen MR) is 72.3 cm³/mol. The van der Waals surface area contributed by atoms with E-state index in [0.717, 1.165) is 6.54 Å². The Balaban J connectivity index is 2.27. The molecule has 2 atom stereocenters. The predicted octanol–water partition coefficient (Wildman–Crippen LogP) is 1.75. The number of hydrogen-bond donors (Lipinski definition) is 1. The van der Waals surface area contributed by atoms with Crippen molar-refractivity contribution in [1.29, 1.82) is 0 Å². The first-order chi connectivity index (χ1) is 8.56. The largest absolute Gasteiger partial charge is 0.328 e. The highest BCUT2D eigenvalue weighted by Crippen LogP contribution is 2.30. The number of carbonyl (C=O) groups excluding carboxylic acids is 1. The van der Waals surface area contributed by atoms with Gasteiger partial charge in [-0.15, -0.1) is 0 Å². The monoisotopic (exact) mass is 247 g/mol. The molecule has 1 heterocycles. The molecular weight excluding hydrogens is 226 g/mol. The maximum Gasteiger partial charge on any atom is 0.320 e. The summed E-state index contributed by atoms with van der Waals surface area (Å²) in [5.74, 6) is 0. The molecule has 1 aromatic carbocycles. The summed E-state index contributed by atoms with van der Waals surface area (Å²) in [6.07, 6.45) is 0. The van der Waals surface area contributed by atoms with Crippen LogP contribution in [-0.4, -0.2) is 42.0 Å². The van der Waals surface area contributed by atoms with Gasteiger partial charge in [-0.2, -0.15) is 0 Å². The van der Waals surface area contributed by atoms with Gasteiger partial charge in [-0.25, -0.2) is 4.79 Å². The third-order valence-corrected chi connectivity index (χ3v) is 3.81. The number of benzene rings is 1. The molecule has 1 saturated heterocycles. The Morgan fingerprint density at radius 1 is 1.44 bits per heavy atom. The molecular formula is C14H21N3O. The van der Waals surface area contributed by atoms with Crippen LogP contribution >= 0.6 is 0 Å². The lowest BCUT2D eigenvalue weighted by Crippen LogP contribution is -2.40. The summed E-state index contributed by atoms with van der Waals surface area (Å²) < 4.78 is 0. The van der Waals surface area contributed by atoms with Gasteiger partial charge in [0.15, 0.2) is 0 Å². The van der Waals surface area contributed by atoms with Crippen molar-refractivity contribution in [2.45, 2.75) is 25.9 Å². The lowest BCUT2D eigenvalue weighted by molar-refractivity contribution is 0.185. The molecule has 2 N–H and O–H groups in total. The van der Waals surface area contributed by atoms with Crippen LogP contribution in [0.25, 0.3) is 0 Å². The summed E-state index contributed by atoms with van der Waals surface area (Å²) in [5.41, 5.74) is 8.11. The quantitative estimate of drug-likeness (QED) is 0.884. The maximum atomic E-state index is 12.2. The Bertz CT molecular complexity index is 446. The van der Waals surface area contributed by atoms with Gasteiger partial charge in [-0.3, -0.25) is 0 Å². The highest BCUT2D eigenvalue weighted by atomic mass is 16.2. The number of amides is 2. The molecule has 4 nitrogen and oxygen atoms in total. The number of nitrogens with zero attached hydrogens (tertiary/aromatic N) is 2. The van der Waals surface area contributed by atoms with Crippen LogP contribution in [0.1, 0.15) is 24.1 Å². The van der Waals surface area contributed by atoms with Gasteiger partial charge in [0, 0.05) is 26.2 Å². The fourth-order valence-electron chi connectivity index (χ4n) is 2.49. The maximum absolute atomic E-state index is 12.2. The summed E-state index contributed by atoms with van der Waals surface area (Å²) in [6.45, 7) is 5.30. The minimum atomic E-state index is 0.0706. The molecule has 0 radical (unpaired) electrons. The summed E-state index contributed by atoms with van der Waals surface area (Å²) in [6, 6.07) is 8.53. The van der Waals surface area contributed by atoms with Crippen LogP contribution in [0.4, 0.5) is 4.79 Å². The fraction of sp³-hybridized carbons (Fsp3) is 0.500. The number of urea groups is 1. The number of nitrogens with two attached hydrogens (primary N) is 1. The molecule has 0 aromatic heterocycles. The molecule has 0 spiro atoms. The van der Waals surface area contributed by atoms with Crippen LogP contribution in [-0.2, 0) is 0 Å². The lowest BCUT2D eigenvalue weighted by atomic mass is 10.0. The minimum Gasteiger partial charge on any atom is -0.328 e. The van der Waals surface area contributed by atoms with Gasteiger partial charge in [0.1, 0.15) is 0 Å². The van der Waals surface area contributed by atoms with Gasteiger partial charge in [-0.05, 0) is 25.0 Å². The zero-order valence-corrected chi connectivity index (χ0v) is 11.3. The molecule has 1 aliphatic rings. The second kappa shape index (κ2) is 4.98. The molecule has 1 aromatic rings. The van der Waals surface area contributed by atoms with Gasteiger partial charge in [0.25, 0.3) is 0 Å². The van der Waals surface area contributed by atoms with Gasteiger partial charge in [0.2, 0.25) is 0 Å². The van der Waals surface area contributed by atoms with Crippen molar-refractivity contribution >= 4 is 6.03 Å². The number of likely N-dealkylation sites (N-methyl/N-ethyl adjacent to an activating group) is 1. The van der Waals surface area contributed by atoms with Crippen LogP contribution in [0, 0.1) is 6.92 Å². The first-order valence-corrected chi connectivity index (χ1v) is 6.35. The van der Waals surface area contributed by atoms with E-state index in [4.69, 9.17) is 5.73 Å². The van der Waals surface area contributed by atoms with E-state index < -0.39 is 0 Å². The van der Waals surface area contributed by atoms with Gasteiger partial charge >= 0.3 is 6.03 Å². The molecule has 2 amide bonds. The molecule has 1 fully saturated rings. The van der Waals surface area contributed by atoms with E-state index in [2.05, 4.69) is 19.1 Å². The average Bonchev–Trinajstić information content (AvgIpc) is 2.67. The summed E-state index contributed by atoms with van der Waals surface area (Å²) in [5, 5.41) is 0. The fourth-order valence-corrected chi connectivity index (χ4v) is 2.49. The Hall–Kier alpha value is -1.55. The molecule has 98 valence electrons. The first-order valence-electron chi connectivity index (χ1n) is 6.35. The number of aryl methyl sites for hydroxylation is 1. The van der Waals surface area contributed by atoms with Crippen LogP contribution in [0.2, 0.25) is 0 Å². The Kier molecular flexibility index (Phi) is 3.57. The van der Waals surface area contributed by atoms with Crippen molar-refractivity contribution in [2.75, 3.05) is 20.1 Å². The highest BCUT2D eigenvalue weighted by Gasteiger charge is 2.37. The standard InChI is InChI=1S/C14H21N3O/c1-10-6-4-5-7-12(10)13-9-17(11(2)8-15)14(18)16(13)3/h4-7,11,13H,8-9,15H2,1-3H3. The second-order valence-corrected chi connectivity index (χ2v) is 5.00. The smallest absolute Gasteiger partial charge is 0.320 e. The second-order valence-electron chi connectivity index (χ2n) is 5.00. The Labute approximate surface area is 108 Å². The summed E-state index contributed by atoms with van der Waals surface area (Å²) in [7, 11) is 1.86. The van der Waals surface area contributed by atoms with Gasteiger partial charge < -0.3 is 15.5 Å². The van der Waals surface area contributed by atoms with E-state index in [0.29, 0.717) is 6.54 Å². The van der Waals surface area contributed by atoms with Crippen LogP contribution in [0.3, 0.4) is 0 Å². The van der Waals surface area contributed by atoms with E-state index in [9.17, 15) is 4.79 Å². The molecule has 4 heteroatoms. The SMILES string of the molecule is Cc1ccccc1C1CN(C(C)CN)C(=O)N1C. The topological polar surface area (TPSA) is 49.6 Å². The van der Waals surface area contributed by atoms with Gasteiger partial charge in [-0.1, -0.05) is 24.3 Å². The molecule has 2 unspecified atom stereocenters. The van der Waals surface area contributed by atoms with Crippen molar-refractivity contribution in [1.82, 2.24) is 9.80 Å². The van der Waals surface area contributed by atoms with Crippen molar-refractivity contribution in [3.05, 3.63) is 35.4 Å². The number of carbonyl (C=O) groups is 1. The van der Waals surface area contributed by atoms with Crippen LogP contribution < -0.4 is 5.73 Å². The van der Waals surface area contributed by atoms with Crippen molar-refractivity contribution in [3.8, 4) is 0 Å². The molecule has 0 aliphatic carbocycles. The Morgan fingerprint density at radius 2 is 2.11 bits per heavy atom. The van der Waals surface area contributed by atoms with E-state index in [-0.39, 0.29) is 18.1 Å². The first kappa shape index (κ1) is 12.9. The third-order valence-electron chi connectivity index (χ3n) is 3.81. The van der Waals surface area contributed by atoms with E-state index >= 15 is 0 Å². The number of rotatable bonds is 3. The number of hydrogen-bond acceptors (Lipinski definition) is 2. The zero-order chi connectivity index (χ0) is 13.3. The van der Waals surface area contributed by atoms with Crippen LogP contribution in [0.5, 0.6) is 0 Å². The summed E-state index contributed by atoms with van der Waals surface area (Å²) in [4.78, 5) is 15.9. The van der Waals surface area contributed by atoms with Crippen LogP contribution in [0.15, 0.2) is 24.3 Å². The normalized spacial score (nSPS) is 21.6. The highest BCUT2D eigenvalue weighted by molar-refractivity contribution is 5.77. The van der Waals surface area contributed by atoms with E-state index in [1.807, 2.05) is 35.9 Å². The molecule has 18 heavy (non-hydrogen) atoms. The zero-order valence-electron chi connectivity index (χ0n) is 11.3. The van der Waals surface area contributed by atoms with Crippen molar-refractivity contribution in [3.63, 3.8) is 0 Å². The molecule has 1 aliphatic heterocycles. The van der Waals surface area contributed by atoms with E-state index in [1.54, 1.807) is 0 Å². The minimum absolute atomic E-state index is 0.0706. The third kappa shape index (κ3) is 2.08. The molecule has 2 rings (SSSR count). The van der Waals surface area contributed by atoms with Crippen molar-refractivity contribution in [2.24, 2.45) is 5.73 Å². The lowest BCUT2D eigenvalue weighted by Gasteiger charge is -2.21. The molecule has 0 bridgehead atoms. The summed E-state index contributed by atoms with van der Waals surface area (Å²) >= 11 is 0. The molecule has 0 saturated carbocycles. The Morgan fingerprint density at radius 3 is 2.72 bits per heavy atom.